The maximum Gasteiger partial charge on any atom is 0.124 e. The second-order valence-corrected chi connectivity index (χ2v) is 4.06. The quantitative estimate of drug-likeness (QED) is 0.593. The van der Waals surface area contributed by atoms with Crippen molar-refractivity contribution < 1.29 is 4.74 Å². The number of nitrogens with zero attached hydrogens (tertiary/aromatic N) is 1. The number of likely N-dealkylation sites (N-methyl/N-ethyl adjacent to an activating group) is 1. The Kier molecular flexibility index (Phi) is 3.10. The fourth-order valence-electron chi connectivity index (χ4n) is 2.03. The van der Waals surface area contributed by atoms with Crippen molar-refractivity contribution in [3.8, 4) is 0 Å². The number of rotatable bonds is 3. The van der Waals surface area contributed by atoms with Gasteiger partial charge in [-0.2, -0.15) is 0 Å². The largest absolute Gasteiger partial charge is 0.384 e. The van der Waals surface area contributed by atoms with E-state index in [1.54, 1.807) is 0 Å². The van der Waals surface area contributed by atoms with E-state index in [9.17, 15) is 0 Å². The predicted molar refractivity (Wildman–Crippen MR) is 65.1 cm³/mol. The van der Waals surface area contributed by atoms with Crippen LogP contribution in [0.5, 0.6) is 0 Å². The van der Waals surface area contributed by atoms with E-state index in [4.69, 9.17) is 15.9 Å². The van der Waals surface area contributed by atoms with E-state index >= 15 is 0 Å². The van der Waals surface area contributed by atoms with Gasteiger partial charge < -0.3 is 15.4 Å². The Hall–Kier alpha value is -1.55. The van der Waals surface area contributed by atoms with E-state index in [2.05, 4.69) is 4.90 Å². The smallest absolute Gasteiger partial charge is 0.124 e. The lowest BCUT2D eigenvalue weighted by molar-refractivity contribution is 0.193. The second kappa shape index (κ2) is 4.53. The standard InChI is InChI=1S/C12H17N3O/c1-15(9-6-7-16-8-9)11-5-3-2-4-10(11)12(13)14/h2-5,9H,6-8H2,1H3,(H3,13,14). The minimum Gasteiger partial charge on any atom is -0.384 e. The molecule has 1 aromatic rings. The third kappa shape index (κ3) is 2.02. The van der Waals surface area contributed by atoms with Gasteiger partial charge in [-0.3, -0.25) is 5.41 Å². The lowest BCUT2D eigenvalue weighted by atomic mass is 10.1. The van der Waals surface area contributed by atoms with Crippen molar-refractivity contribution in [1.82, 2.24) is 0 Å². The van der Waals surface area contributed by atoms with Crippen molar-refractivity contribution in [2.24, 2.45) is 5.73 Å². The van der Waals surface area contributed by atoms with Crippen LogP contribution in [-0.2, 0) is 4.74 Å². The molecule has 1 atom stereocenters. The van der Waals surface area contributed by atoms with Crippen molar-refractivity contribution in [1.29, 1.82) is 5.41 Å². The summed E-state index contributed by atoms with van der Waals surface area (Å²) in [6.07, 6.45) is 1.03. The molecule has 86 valence electrons. The number of benzene rings is 1. The first kappa shape index (κ1) is 11.0. The van der Waals surface area contributed by atoms with Crippen molar-refractivity contribution in [3.63, 3.8) is 0 Å². The molecular weight excluding hydrogens is 202 g/mol. The molecule has 2 rings (SSSR count). The Morgan fingerprint density at radius 3 is 2.88 bits per heavy atom. The van der Waals surface area contributed by atoms with Crippen LogP contribution in [0.4, 0.5) is 5.69 Å². The molecule has 0 amide bonds. The first-order valence-corrected chi connectivity index (χ1v) is 5.44. The average molecular weight is 219 g/mol. The molecule has 0 aliphatic carbocycles. The molecule has 1 aromatic carbocycles. The van der Waals surface area contributed by atoms with Gasteiger partial charge in [-0.25, -0.2) is 0 Å². The number of anilines is 1. The number of nitrogens with one attached hydrogen (secondary N) is 1. The number of hydrogen-bond donors (Lipinski definition) is 2. The molecule has 0 saturated carbocycles. The molecule has 1 unspecified atom stereocenters. The van der Waals surface area contributed by atoms with Gasteiger partial charge in [0.2, 0.25) is 0 Å². The van der Waals surface area contributed by atoms with Gasteiger partial charge in [-0.05, 0) is 18.6 Å². The third-order valence-corrected chi connectivity index (χ3v) is 3.03. The zero-order valence-electron chi connectivity index (χ0n) is 9.44. The molecule has 1 heterocycles. The first-order valence-electron chi connectivity index (χ1n) is 5.44. The normalized spacial score (nSPS) is 19.7. The van der Waals surface area contributed by atoms with Crippen LogP contribution in [-0.4, -0.2) is 32.1 Å². The van der Waals surface area contributed by atoms with Gasteiger partial charge >= 0.3 is 0 Å². The molecule has 4 heteroatoms. The highest BCUT2D eigenvalue weighted by molar-refractivity contribution is 6.00. The highest BCUT2D eigenvalue weighted by Crippen LogP contribution is 2.23. The van der Waals surface area contributed by atoms with Crippen molar-refractivity contribution in [2.75, 3.05) is 25.2 Å². The summed E-state index contributed by atoms with van der Waals surface area (Å²) in [7, 11) is 2.03. The zero-order chi connectivity index (χ0) is 11.5. The zero-order valence-corrected chi connectivity index (χ0v) is 9.44. The van der Waals surface area contributed by atoms with Gasteiger partial charge in [-0.1, -0.05) is 12.1 Å². The van der Waals surface area contributed by atoms with Crippen molar-refractivity contribution in [2.45, 2.75) is 12.5 Å². The topological polar surface area (TPSA) is 62.3 Å². The Bertz CT molecular complexity index is 386. The number of nitrogen functional groups attached to an aromatic ring is 1. The Morgan fingerprint density at radius 1 is 1.50 bits per heavy atom. The summed E-state index contributed by atoms with van der Waals surface area (Å²) >= 11 is 0. The van der Waals surface area contributed by atoms with Crippen LogP contribution in [0.15, 0.2) is 24.3 Å². The Labute approximate surface area is 95.5 Å². The molecule has 4 nitrogen and oxygen atoms in total. The number of hydrogen-bond acceptors (Lipinski definition) is 3. The molecule has 0 spiro atoms. The van der Waals surface area contributed by atoms with E-state index in [0.717, 1.165) is 30.9 Å². The Balaban J connectivity index is 2.27. The van der Waals surface area contributed by atoms with Crippen LogP contribution in [0.25, 0.3) is 0 Å². The van der Waals surface area contributed by atoms with Gasteiger partial charge in [0.1, 0.15) is 5.84 Å². The summed E-state index contributed by atoms with van der Waals surface area (Å²) in [4.78, 5) is 2.16. The van der Waals surface area contributed by atoms with Crippen LogP contribution in [0.1, 0.15) is 12.0 Å². The summed E-state index contributed by atoms with van der Waals surface area (Å²) in [5.41, 5.74) is 7.37. The predicted octanol–water partition coefficient (Wildman–Crippen LogP) is 1.20. The first-order chi connectivity index (χ1) is 7.70. The van der Waals surface area contributed by atoms with Gasteiger partial charge in [0.05, 0.1) is 12.6 Å². The van der Waals surface area contributed by atoms with Gasteiger partial charge in [0, 0.05) is 24.9 Å². The summed E-state index contributed by atoms with van der Waals surface area (Å²) in [6, 6.07) is 8.13. The molecule has 3 N–H and O–H groups in total. The monoisotopic (exact) mass is 219 g/mol. The maximum atomic E-state index is 7.56. The van der Waals surface area contributed by atoms with Crippen LogP contribution in [0.3, 0.4) is 0 Å². The van der Waals surface area contributed by atoms with E-state index in [0.29, 0.717) is 6.04 Å². The summed E-state index contributed by atoms with van der Waals surface area (Å²) in [6.45, 7) is 1.57. The van der Waals surface area contributed by atoms with E-state index in [-0.39, 0.29) is 5.84 Å². The molecular formula is C12H17N3O. The molecule has 16 heavy (non-hydrogen) atoms. The number of ether oxygens (including phenoxy) is 1. The van der Waals surface area contributed by atoms with Gasteiger partial charge in [0.25, 0.3) is 0 Å². The number of para-hydroxylation sites is 1. The number of amidine groups is 1. The molecule has 1 fully saturated rings. The van der Waals surface area contributed by atoms with E-state index in [1.165, 1.54) is 0 Å². The molecule has 0 bridgehead atoms. The fraction of sp³-hybridized carbons (Fsp3) is 0.417. The lowest BCUT2D eigenvalue weighted by Gasteiger charge is -2.27. The molecule has 1 aliphatic heterocycles. The highest BCUT2D eigenvalue weighted by atomic mass is 16.5. The minimum absolute atomic E-state index is 0.112. The van der Waals surface area contributed by atoms with Gasteiger partial charge in [0.15, 0.2) is 0 Å². The van der Waals surface area contributed by atoms with Crippen LogP contribution >= 0.6 is 0 Å². The number of nitrogens with two attached hydrogens (primary N) is 1. The summed E-state index contributed by atoms with van der Waals surface area (Å²) in [5, 5.41) is 7.56. The highest BCUT2D eigenvalue weighted by Gasteiger charge is 2.22. The minimum atomic E-state index is 0.112. The van der Waals surface area contributed by atoms with E-state index in [1.807, 2.05) is 31.3 Å². The second-order valence-electron chi connectivity index (χ2n) is 4.06. The average Bonchev–Trinajstić information content (AvgIpc) is 2.81. The lowest BCUT2D eigenvalue weighted by Crippen LogP contribution is -2.33. The van der Waals surface area contributed by atoms with E-state index < -0.39 is 0 Å². The summed E-state index contributed by atoms with van der Waals surface area (Å²) in [5.74, 6) is 0.112. The van der Waals surface area contributed by atoms with Crippen LogP contribution in [0, 0.1) is 5.41 Å². The van der Waals surface area contributed by atoms with Crippen LogP contribution < -0.4 is 10.6 Å². The molecule has 0 aromatic heterocycles. The van der Waals surface area contributed by atoms with Crippen LogP contribution in [0.2, 0.25) is 0 Å². The van der Waals surface area contributed by atoms with Crippen molar-refractivity contribution >= 4 is 11.5 Å². The Morgan fingerprint density at radius 2 is 2.25 bits per heavy atom. The SMILES string of the molecule is CN(c1ccccc1C(=N)N)C1CCOC1. The fourth-order valence-corrected chi connectivity index (χ4v) is 2.03. The molecule has 0 radical (unpaired) electrons. The third-order valence-electron chi connectivity index (χ3n) is 3.03. The summed E-state index contributed by atoms with van der Waals surface area (Å²) < 4.78 is 5.37. The van der Waals surface area contributed by atoms with Crippen molar-refractivity contribution in [3.05, 3.63) is 29.8 Å². The van der Waals surface area contributed by atoms with Gasteiger partial charge in [-0.15, -0.1) is 0 Å². The molecule has 1 aliphatic rings. The maximum absolute atomic E-state index is 7.56. The molecule has 1 saturated heterocycles.